The van der Waals surface area contributed by atoms with Gasteiger partial charge in [0.1, 0.15) is 5.82 Å². The van der Waals surface area contributed by atoms with E-state index in [0.29, 0.717) is 30.8 Å². The van der Waals surface area contributed by atoms with Crippen molar-refractivity contribution >= 4 is 29.4 Å². The SMILES string of the molecule is O=C(N[C@H]1CCSc2c(F)cccc21)C1CCN(C(=O)Nc2ccccc2)CC1. The highest BCUT2D eigenvalue weighted by Crippen LogP contribution is 2.38. The van der Waals surface area contributed by atoms with E-state index in [2.05, 4.69) is 10.6 Å². The number of anilines is 1. The van der Waals surface area contributed by atoms with Crippen molar-refractivity contribution in [2.45, 2.75) is 30.2 Å². The Morgan fingerprint density at radius 2 is 1.76 bits per heavy atom. The van der Waals surface area contributed by atoms with Crippen LogP contribution < -0.4 is 10.6 Å². The van der Waals surface area contributed by atoms with Crippen LogP contribution in [-0.2, 0) is 4.79 Å². The first-order chi connectivity index (χ1) is 14.1. The second kappa shape index (κ2) is 8.86. The van der Waals surface area contributed by atoms with Crippen molar-refractivity contribution in [3.05, 3.63) is 59.9 Å². The van der Waals surface area contributed by atoms with Crippen molar-refractivity contribution in [3.8, 4) is 0 Å². The number of likely N-dealkylation sites (tertiary alicyclic amines) is 1. The number of benzene rings is 2. The zero-order valence-corrected chi connectivity index (χ0v) is 16.9. The number of nitrogens with zero attached hydrogens (tertiary/aromatic N) is 1. The number of urea groups is 1. The van der Waals surface area contributed by atoms with Crippen LogP contribution in [0, 0.1) is 11.7 Å². The molecule has 0 aliphatic carbocycles. The summed E-state index contributed by atoms with van der Waals surface area (Å²) in [5.41, 5.74) is 1.63. The molecule has 1 saturated heterocycles. The molecule has 2 aromatic carbocycles. The van der Waals surface area contributed by atoms with Crippen molar-refractivity contribution in [3.63, 3.8) is 0 Å². The molecule has 0 saturated carbocycles. The van der Waals surface area contributed by atoms with Gasteiger partial charge in [-0.15, -0.1) is 11.8 Å². The van der Waals surface area contributed by atoms with Crippen LogP contribution in [0.15, 0.2) is 53.4 Å². The number of para-hydroxylation sites is 1. The maximum absolute atomic E-state index is 14.0. The summed E-state index contributed by atoms with van der Waals surface area (Å²) < 4.78 is 14.0. The highest BCUT2D eigenvalue weighted by molar-refractivity contribution is 7.99. The van der Waals surface area contributed by atoms with Crippen LogP contribution in [0.1, 0.15) is 30.9 Å². The van der Waals surface area contributed by atoms with Gasteiger partial charge in [-0.2, -0.15) is 0 Å². The molecule has 2 aromatic rings. The largest absolute Gasteiger partial charge is 0.349 e. The second-order valence-electron chi connectivity index (χ2n) is 7.41. The third kappa shape index (κ3) is 4.56. The Bertz CT molecular complexity index is 885. The topological polar surface area (TPSA) is 61.4 Å². The summed E-state index contributed by atoms with van der Waals surface area (Å²) in [7, 11) is 0. The van der Waals surface area contributed by atoms with E-state index in [-0.39, 0.29) is 29.7 Å². The van der Waals surface area contributed by atoms with Crippen LogP contribution in [0.2, 0.25) is 0 Å². The molecular formula is C22H24FN3O2S. The summed E-state index contributed by atoms with van der Waals surface area (Å²) in [6.07, 6.45) is 2.06. The standard InChI is InChI=1S/C22H24FN3O2S/c23-18-8-4-7-17-19(11-14-29-20(17)18)25-21(27)15-9-12-26(13-10-15)22(28)24-16-5-2-1-3-6-16/h1-8,15,19H,9-14H2,(H,24,28)(H,25,27)/t19-/m0/s1. The number of carbonyl (C=O) groups excluding carboxylic acids is 2. The minimum atomic E-state index is -0.218. The fraction of sp³-hybridized carbons (Fsp3) is 0.364. The molecular weight excluding hydrogens is 389 g/mol. The summed E-state index contributed by atoms with van der Waals surface area (Å²) in [5.74, 6) is 0.448. The number of fused-ring (bicyclic) bond motifs is 1. The molecule has 29 heavy (non-hydrogen) atoms. The maximum atomic E-state index is 14.0. The van der Waals surface area contributed by atoms with Crippen LogP contribution in [-0.4, -0.2) is 35.7 Å². The number of hydrogen-bond acceptors (Lipinski definition) is 3. The lowest BCUT2D eigenvalue weighted by atomic mass is 9.94. The lowest BCUT2D eigenvalue weighted by Gasteiger charge is -2.33. The van der Waals surface area contributed by atoms with E-state index < -0.39 is 0 Å². The minimum Gasteiger partial charge on any atom is -0.349 e. The predicted octanol–water partition coefficient (Wildman–Crippen LogP) is 4.42. The van der Waals surface area contributed by atoms with Crippen LogP contribution in [0.4, 0.5) is 14.9 Å². The van der Waals surface area contributed by atoms with Crippen molar-refractivity contribution < 1.29 is 14.0 Å². The van der Waals surface area contributed by atoms with E-state index in [4.69, 9.17) is 0 Å². The molecule has 2 heterocycles. The van der Waals surface area contributed by atoms with Crippen LogP contribution in [0.3, 0.4) is 0 Å². The van der Waals surface area contributed by atoms with Crippen molar-refractivity contribution in [1.82, 2.24) is 10.2 Å². The predicted molar refractivity (Wildman–Crippen MR) is 112 cm³/mol. The molecule has 4 rings (SSSR count). The van der Waals surface area contributed by atoms with Crippen LogP contribution >= 0.6 is 11.8 Å². The van der Waals surface area contributed by atoms with Crippen molar-refractivity contribution in [2.24, 2.45) is 5.92 Å². The van der Waals surface area contributed by atoms with Crippen molar-refractivity contribution in [1.29, 1.82) is 0 Å². The number of carbonyl (C=O) groups is 2. The number of amides is 3. The highest BCUT2D eigenvalue weighted by atomic mass is 32.2. The molecule has 1 fully saturated rings. The zero-order chi connectivity index (χ0) is 20.2. The molecule has 2 aliphatic rings. The average molecular weight is 414 g/mol. The lowest BCUT2D eigenvalue weighted by Crippen LogP contribution is -2.45. The van der Waals surface area contributed by atoms with Gasteiger partial charge in [0.05, 0.1) is 6.04 Å². The summed E-state index contributed by atoms with van der Waals surface area (Å²) in [6, 6.07) is 14.1. The van der Waals surface area contributed by atoms with Gasteiger partial charge in [0, 0.05) is 35.3 Å². The number of thioether (sulfide) groups is 1. The smallest absolute Gasteiger partial charge is 0.321 e. The van der Waals surface area contributed by atoms with E-state index >= 15 is 0 Å². The number of hydrogen-bond donors (Lipinski definition) is 2. The first-order valence-electron chi connectivity index (χ1n) is 9.94. The number of rotatable bonds is 3. The summed E-state index contributed by atoms with van der Waals surface area (Å²) in [5, 5.41) is 6.00. The van der Waals surface area contributed by atoms with E-state index in [9.17, 15) is 14.0 Å². The molecule has 1 atom stereocenters. The first kappa shape index (κ1) is 19.8. The summed E-state index contributed by atoms with van der Waals surface area (Å²) in [4.78, 5) is 27.6. The molecule has 3 amide bonds. The molecule has 5 nitrogen and oxygen atoms in total. The fourth-order valence-electron chi connectivity index (χ4n) is 3.89. The lowest BCUT2D eigenvalue weighted by molar-refractivity contribution is -0.127. The van der Waals surface area contributed by atoms with E-state index in [1.807, 2.05) is 36.4 Å². The molecule has 7 heteroatoms. The normalized spacial score (nSPS) is 19.3. The van der Waals surface area contributed by atoms with Crippen molar-refractivity contribution in [2.75, 3.05) is 24.2 Å². The number of nitrogens with one attached hydrogen (secondary N) is 2. The molecule has 0 radical (unpaired) electrons. The zero-order valence-electron chi connectivity index (χ0n) is 16.1. The van der Waals surface area contributed by atoms with Gasteiger partial charge in [0.15, 0.2) is 0 Å². The summed E-state index contributed by atoms with van der Waals surface area (Å²) in [6.45, 7) is 1.09. The Hall–Kier alpha value is -2.54. The van der Waals surface area contributed by atoms with E-state index in [1.54, 1.807) is 11.0 Å². The first-order valence-corrected chi connectivity index (χ1v) is 10.9. The second-order valence-corrected chi connectivity index (χ2v) is 8.52. The van der Waals surface area contributed by atoms with Crippen LogP contribution in [0.25, 0.3) is 0 Å². The Morgan fingerprint density at radius 3 is 2.52 bits per heavy atom. The van der Waals surface area contributed by atoms with Gasteiger partial charge in [-0.25, -0.2) is 9.18 Å². The Kier molecular flexibility index (Phi) is 6.04. The maximum Gasteiger partial charge on any atom is 0.321 e. The Balaban J connectivity index is 1.31. The summed E-state index contributed by atoms with van der Waals surface area (Å²) >= 11 is 1.51. The molecule has 0 spiro atoms. The number of halogens is 1. The van der Waals surface area contributed by atoms with Gasteiger partial charge in [0.25, 0.3) is 0 Å². The molecule has 2 N–H and O–H groups in total. The van der Waals surface area contributed by atoms with E-state index in [1.165, 1.54) is 17.8 Å². The minimum absolute atomic E-state index is 0.000212. The van der Waals surface area contributed by atoms with Gasteiger partial charge in [-0.05, 0) is 43.0 Å². The van der Waals surface area contributed by atoms with Gasteiger partial charge < -0.3 is 15.5 Å². The fourth-order valence-corrected chi connectivity index (χ4v) is 5.04. The van der Waals surface area contributed by atoms with Gasteiger partial charge >= 0.3 is 6.03 Å². The number of piperidine rings is 1. The quantitative estimate of drug-likeness (QED) is 0.783. The van der Waals surface area contributed by atoms with Gasteiger partial charge in [-0.3, -0.25) is 4.79 Å². The van der Waals surface area contributed by atoms with E-state index in [0.717, 1.165) is 23.4 Å². The Morgan fingerprint density at radius 1 is 1.00 bits per heavy atom. The highest BCUT2D eigenvalue weighted by Gasteiger charge is 2.30. The molecule has 0 bridgehead atoms. The third-order valence-corrected chi connectivity index (χ3v) is 6.68. The molecule has 0 unspecified atom stereocenters. The third-order valence-electron chi connectivity index (χ3n) is 5.52. The molecule has 152 valence electrons. The average Bonchev–Trinajstić information content (AvgIpc) is 2.75. The monoisotopic (exact) mass is 413 g/mol. The van der Waals surface area contributed by atoms with Gasteiger partial charge in [0.2, 0.25) is 5.91 Å². The molecule has 0 aromatic heterocycles. The van der Waals surface area contributed by atoms with Gasteiger partial charge in [-0.1, -0.05) is 30.3 Å². The van der Waals surface area contributed by atoms with Crippen LogP contribution in [0.5, 0.6) is 0 Å². The molecule has 2 aliphatic heterocycles. The Labute approximate surface area is 174 Å².